The third-order valence-electron chi connectivity index (χ3n) is 2.54. The van der Waals surface area contributed by atoms with Crippen LogP contribution in [-0.2, 0) is 0 Å². The van der Waals surface area contributed by atoms with Gasteiger partial charge in [-0.25, -0.2) is 0 Å². The number of thiophene rings is 1. The Morgan fingerprint density at radius 3 is 3.12 bits per heavy atom. The molecule has 16 heavy (non-hydrogen) atoms. The van der Waals surface area contributed by atoms with Crippen LogP contribution in [-0.4, -0.2) is 15.5 Å². The number of fused-ring (bicyclic) bond motifs is 1. The minimum absolute atomic E-state index is 0.0341. The molecular formula is C10H9NO2S3. The molecule has 2 N–H and O–H groups in total. The van der Waals surface area contributed by atoms with Crippen LogP contribution in [0.15, 0.2) is 27.3 Å². The van der Waals surface area contributed by atoms with Crippen LogP contribution in [0.4, 0.5) is 0 Å². The maximum absolute atomic E-state index is 11.3. The highest BCUT2D eigenvalue weighted by molar-refractivity contribution is 7.99. The molecule has 0 bridgehead atoms. The molecule has 0 unspecified atom stereocenters. The zero-order valence-electron chi connectivity index (χ0n) is 8.17. The van der Waals surface area contributed by atoms with Gasteiger partial charge in [0, 0.05) is 15.7 Å². The molecular weight excluding hydrogens is 262 g/mol. The molecule has 0 spiro atoms. The second-order valence-electron chi connectivity index (χ2n) is 3.58. The van der Waals surface area contributed by atoms with Crippen LogP contribution in [0.3, 0.4) is 0 Å². The number of aromatic nitrogens is 1. The highest BCUT2D eigenvalue weighted by Gasteiger charge is 2.30. The van der Waals surface area contributed by atoms with E-state index >= 15 is 0 Å². The van der Waals surface area contributed by atoms with Crippen molar-refractivity contribution in [1.82, 2.24) is 4.98 Å². The second kappa shape index (κ2) is 4.03. The summed E-state index contributed by atoms with van der Waals surface area (Å²) in [5.41, 5.74) is -0.426. The third kappa shape index (κ3) is 1.75. The Bertz CT molecular complexity index is 543. The molecule has 0 radical (unpaired) electrons. The van der Waals surface area contributed by atoms with Crippen LogP contribution in [0.1, 0.15) is 22.1 Å². The Labute approximate surface area is 104 Å². The van der Waals surface area contributed by atoms with E-state index in [1.54, 1.807) is 11.3 Å². The fourth-order valence-corrected chi connectivity index (χ4v) is 4.96. The largest absolute Gasteiger partial charge is 0.382 e. The van der Waals surface area contributed by atoms with Gasteiger partial charge < -0.3 is 10.1 Å². The molecule has 0 saturated heterocycles. The molecule has 1 aliphatic rings. The first-order chi connectivity index (χ1) is 7.74. The van der Waals surface area contributed by atoms with Gasteiger partial charge in [0.15, 0.2) is 0 Å². The van der Waals surface area contributed by atoms with E-state index in [-0.39, 0.29) is 10.8 Å². The number of aliphatic hydroxyl groups is 1. The first kappa shape index (κ1) is 10.6. The summed E-state index contributed by atoms with van der Waals surface area (Å²) in [4.78, 5) is 16.4. The molecule has 0 aromatic carbocycles. The van der Waals surface area contributed by atoms with Crippen LogP contribution in [0.5, 0.6) is 0 Å². The Morgan fingerprint density at radius 2 is 2.38 bits per heavy atom. The van der Waals surface area contributed by atoms with Gasteiger partial charge in [0.05, 0.1) is 5.03 Å². The van der Waals surface area contributed by atoms with Gasteiger partial charge in [-0.3, -0.25) is 4.79 Å². The monoisotopic (exact) mass is 271 g/mol. The minimum atomic E-state index is -0.426. The molecule has 2 aromatic heterocycles. The van der Waals surface area contributed by atoms with Crippen LogP contribution >= 0.6 is 34.4 Å². The van der Waals surface area contributed by atoms with E-state index < -0.39 is 5.44 Å². The quantitative estimate of drug-likeness (QED) is 0.837. The first-order valence-electron chi connectivity index (χ1n) is 4.85. The van der Waals surface area contributed by atoms with E-state index in [0.29, 0.717) is 6.42 Å². The van der Waals surface area contributed by atoms with E-state index in [1.165, 1.54) is 28.0 Å². The lowest BCUT2D eigenvalue weighted by Crippen LogP contribution is -2.14. The fourth-order valence-electron chi connectivity index (χ4n) is 1.87. The van der Waals surface area contributed by atoms with Gasteiger partial charge in [0.2, 0.25) is 0 Å². The standard InChI is InChI=1S/C10H9NO2S3/c12-7-4-5(6-2-1-3-14-6)8-9(15-7)11-10(13)16-8/h1-3,5,7,12H,4H2,(H,11,13)/t5-,7-/m0/s1. The fraction of sp³-hybridized carbons (Fsp3) is 0.300. The summed E-state index contributed by atoms with van der Waals surface area (Å²) >= 11 is 4.29. The van der Waals surface area contributed by atoms with Gasteiger partial charge in [-0.05, 0) is 17.9 Å². The van der Waals surface area contributed by atoms with Crippen molar-refractivity contribution in [3.8, 4) is 0 Å². The molecule has 84 valence electrons. The van der Waals surface area contributed by atoms with E-state index in [9.17, 15) is 9.90 Å². The number of thiazole rings is 1. The molecule has 0 saturated carbocycles. The highest BCUT2D eigenvalue weighted by Crippen LogP contribution is 2.45. The number of hydrogen-bond acceptors (Lipinski definition) is 5. The van der Waals surface area contributed by atoms with Crippen molar-refractivity contribution < 1.29 is 5.11 Å². The zero-order valence-corrected chi connectivity index (χ0v) is 10.6. The average Bonchev–Trinajstić information content (AvgIpc) is 2.83. The maximum Gasteiger partial charge on any atom is 0.305 e. The highest BCUT2D eigenvalue weighted by atomic mass is 32.2. The van der Waals surface area contributed by atoms with Crippen molar-refractivity contribution in [2.45, 2.75) is 22.8 Å². The van der Waals surface area contributed by atoms with Crippen molar-refractivity contribution >= 4 is 34.4 Å². The molecule has 0 amide bonds. The predicted octanol–water partition coefficient (Wildman–Crippen LogP) is 2.44. The van der Waals surface area contributed by atoms with Gasteiger partial charge >= 0.3 is 4.87 Å². The minimum Gasteiger partial charge on any atom is -0.382 e. The molecule has 3 heterocycles. The summed E-state index contributed by atoms with van der Waals surface area (Å²) in [5.74, 6) is 0.176. The molecule has 3 rings (SSSR count). The van der Waals surface area contributed by atoms with Crippen LogP contribution in [0, 0.1) is 0 Å². The Hall–Kier alpha value is -0.560. The molecule has 0 aliphatic carbocycles. The lowest BCUT2D eigenvalue weighted by molar-refractivity contribution is 0.243. The summed E-state index contributed by atoms with van der Waals surface area (Å²) in [6.45, 7) is 0. The smallest absolute Gasteiger partial charge is 0.305 e. The summed E-state index contributed by atoms with van der Waals surface area (Å²) in [5, 5.41) is 12.7. The Kier molecular flexibility index (Phi) is 2.67. The van der Waals surface area contributed by atoms with Gasteiger partial charge in [0.25, 0.3) is 0 Å². The molecule has 3 nitrogen and oxygen atoms in total. The zero-order chi connectivity index (χ0) is 11.1. The van der Waals surface area contributed by atoms with Crippen LogP contribution < -0.4 is 4.87 Å². The van der Waals surface area contributed by atoms with E-state index in [0.717, 1.165) is 9.90 Å². The van der Waals surface area contributed by atoms with Gasteiger partial charge in [-0.15, -0.1) is 11.3 Å². The van der Waals surface area contributed by atoms with Gasteiger partial charge in [-0.2, -0.15) is 0 Å². The van der Waals surface area contributed by atoms with E-state index in [4.69, 9.17) is 0 Å². The predicted molar refractivity (Wildman–Crippen MR) is 67.6 cm³/mol. The second-order valence-corrected chi connectivity index (χ2v) is 6.77. The normalized spacial score (nSPS) is 24.3. The lowest BCUT2D eigenvalue weighted by atomic mass is 10.0. The molecule has 1 aliphatic heterocycles. The van der Waals surface area contributed by atoms with Crippen molar-refractivity contribution in [2.24, 2.45) is 0 Å². The molecule has 2 atom stereocenters. The van der Waals surface area contributed by atoms with Crippen molar-refractivity contribution in [1.29, 1.82) is 0 Å². The van der Waals surface area contributed by atoms with Gasteiger partial charge in [0.1, 0.15) is 5.44 Å². The maximum atomic E-state index is 11.3. The summed E-state index contributed by atoms with van der Waals surface area (Å²) < 4.78 is 0. The number of H-pyrrole nitrogens is 1. The SMILES string of the molecule is O=c1[nH]c2c(s1)[C@H](c1cccs1)C[C@@H](O)S2. The van der Waals surface area contributed by atoms with Crippen molar-refractivity contribution in [3.63, 3.8) is 0 Å². The Balaban J connectivity index is 2.10. The van der Waals surface area contributed by atoms with Crippen LogP contribution in [0.25, 0.3) is 0 Å². The number of rotatable bonds is 1. The summed E-state index contributed by atoms with van der Waals surface area (Å²) in [7, 11) is 0. The summed E-state index contributed by atoms with van der Waals surface area (Å²) in [6, 6.07) is 4.06. The number of nitrogens with one attached hydrogen (secondary N) is 1. The van der Waals surface area contributed by atoms with E-state index in [1.807, 2.05) is 11.4 Å². The summed E-state index contributed by atoms with van der Waals surface area (Å²) in [6.07, 6.45) is 0.686. The van der Waals surface area contributed by atoms with Crippen LogP contribution in [0.2, 0.25) is 0 Å². The average molecular weight is 271 g/mol. The molecule has 0 fully saturated rings. The third-order valence-corrected chi connectivity index (χ3v) is 5.67. The van der Waals surface area contributed by atoms with Gasteiger partial charge in [-0.1, -0.05) is 29.2 Å². The topological polar surface area (TPSA) is 53.1 Å². The van der Waals surface area contributed by atoms with Crippen molar-refractivity contribution in [3.05, 3.63) is 36.9 Å². The van der Waals surface area contributed by atoms with Crippen molar-refractivity contribution in [2.75, 3.05) is 0 Å². The number of aromatic amines is 1. The molecule has 6 heteroatoms. The number of hydrogen-bond donors (Lipinski definition) is 2. The number of thioether (sulfide) groups is 1. The van der Waals surface area contributed by atoms with E-state index in [2.05, 4.69) is 11.1 Å². The molecule has 2 aromatic rings. The lowest BCUT2D eigenvalue weighted by Gasteiger charge is -2.23. The Morgan fingerprint density at radius 1 is 1.50 bits per heavy atom. The number of aliphatic hydroxyl groups excluding tert-OH is 1. The first-order valence-corrected chi connectivity index (χ1v) is 7.43.